The molecule has 0 amide bonds. The molecule has 0 aromatic rings. The van der Waals surface area contributed by atoms with Crippen LogP contribution in [-0.2, 0) is 0 Å². The number of aliphatic hydroxyl groups is 1. The standard InChI is InChI=1S/C12H24N2O.C2H6/c1-13-10-2-4-11(5-3-10)14-8-6-12(15)7-9-14;1-2/h10-13,15H,2-9H2,1H3;1-2H3. The maximum atomic E-state index is 9.47. The number of likely N-dealkylation sites (tertiary alicyclic amines) is 1. The lowest BCUT2D eigenvalue weighted by atomic mass is 9.89. The fourth-order valence-electron chi connectivity index (χ4n) is 2.98. The monoisotopic (exact) mass is 242 g/mol. The predicted molar refractivity (Wildman–Crippen MR) is 73.3 cm³/mol. The molecule has 0 aromatic carbocycles. The molecule has 102 valence electrons. The van der Waals surface area contributed by atoms with E-state index in [1.54, 1.807) is 0 Å². The van der Waals surface area contributed by atoms with E-state index in [1.165, 1.54) is 25.7 Å². The van der Waals surface area contributed by atoms with E-state index in [2.05, 4.69) is 17.3 Å². The van der Waals surface area contributed by atoms with Crippen molar-refractivity contribution in [3.05, 3.63) is 0 Å². The van der Waals surface area contributed by atoms with Gasteiger partial charge >= 0.3 is 0 Å². The Kier molecular flexibility index (Phi) is 7.09. The van der Waals surface area contributed by atoms with Gasteiger partial charge in [-0.25, -0.2) is 0 Å². The average Bonchev–Trinajstić information content (AvgIpc) is 2.42. The third kappa shape index (κ3) is 4.57. The molecule has 0 atom stereocenters. The van der Waals surface area contributed by atoms with E-state index in [9.17, 15) is 5.11 Å². The molecule has 17 heavy (non-hydrogen) atoms. The molecule has 3 heteroatoms. The van der Waals surface area contributed by atoms with Crippen molar-refractivity contribution in [1.82, 2.24) is 10.2 Å². The smallest absolute Gasteiger partial charge is 0.0564 e. The maximum Gasteiger partial charge on any atom is 0.0564 e. The van der Waals surface area contributed by atoms with Gasteiger partial charge in [0.25, 0.3) is 0 Å². The van der Waals surface area contributed by atoms with Crippen LogP contribution in [0, 0.1) is 0 Å². The molecule has 0 bridgehead atoms. The fourth-order valence-corrected chi connectivity index (χ4v) is 2.98. The van der Waals surface area contributed by atoms with Gasteiger partial charge in [0, 0.05) is 25.2 Å². The summed E-state index contributed by atoms with van der Waals surface area (Å²) in [7, 11) is 2.07. The third-order valence-corrected chi connectivity index (χ3v) is 4.12. The first-order valence-electron chi connectivity index (χ1n) is 7.39. The largest absolute Gasteiger partial charge is 0.393 e. The summed E-state index contributed by atoms with van der Waals surface area (Å²) >= 11 is 0. The highest BCUT2D eigenvalue weighted by Crippen LogP contribution is 2.25. The van der Waals surface area contributed by atoms with Gasteiger partial charge in [-0.05, 0) is 45.6 Å². The Morgan fingerprint density at radius 3 is 1.94 bits per heavy atom. The minimum atomic E-state index is -0.0325. The maximum absolute atomic E-state index is 9.47. The molecule has 0 radical (unpaired) electrons. The molecule has 0 unspecified atom stereocenters. The van der Waals surface area contributed by atoms with Gasteiger partial charge in [-0.1, -0.05) is 13.8 Å². The third-order valence-electron chi connectivity index (χ3n) is 4.12. The highest BCUT2D eigenvalue weighted by molar-refractivity contribution is 4.84. The van der Waals surface area contributed by atoms with Gasteiger partial charge in [-0.15, -0.1) is 0 Å². The Bertz CT molecular complexity index is 183. The lowest BCUT2D eigenvalue weighted by Gasteiger charge is -2.39. The molecule has 0 aromatic heterocycles. The highest BCUT2D eigenvalue weighted by atomic mass is 16.3. The summed E-state index contributed by atoms with van der Waals surface area (Å²) in [6.07, 6.45) is 7.23. The van der Waals surface area contributed by atoms with E-state index in [0.29, 0.717) is 0 Å². The summed E-state index contributed by atoms with van der Waals surface area (Å²) in [5.74, 6) is 0. The number of rotatable bonds is 2. The highest BCUT2D eigenvalue weighted by Gasteiger charge is 2.27. The summed E-state index contributed by atoms with van der Waals surface area (Å²) in [4.78, 5) is 2.60. The van der Waals surface area contributed by atoms with Crippen LogP contribution < -0.4 is 5.32 Å². The van der Waals surface area contributed by atoms with Gasteiger partial charge < -0.3 is 15.3 Å². The van der Waals surface area contributed by atoms with E-state index in [1.807, 2.05) is 13.8 Å². The van der Waals surface area contributed by atoms with Gasteiger partial charge in [-0.3, -0.25) is 0 Å². The number of aliphatic hydroxyl groups excluding tert-OH is 1. The van der Waals surface area contributed by atoms with Crippen molar-refractivity contribution in [2.75, 3.05) is 20.1 Å². The van der Waals surface area contributed by atoms with E-state index in [4.69, 9.17) is 0 Å². The summed E-state index contributed by atoms with van der Waals surface area (Å²) in [6, 6.07) is 1.54. The minimum absolute atomic E-state index is 0.0325. The molecule has 2 aliphatic rings. The van der Waals surface area contributed by atoms with Gasteiger partial charge in [0.05, 0.1) is 6.10 Å². The Morgan fingerprint density at radius 1 is 0.941 bits per heavy atom. The van der Waals surface area contributed by atoms with E-state index in [0.717, 1.165) is 38.0 Å². The van der Waals surface area contributed by atoms with Gasteiger partial charge in [-0.2, -0.15) is 0 Å². The predicted octanol–water partition coefficient (Wildman–Crippen LogP) is 2.00. The topological polar surface area (TPSA) is 35.5 Å². The Balaban J connectivity index is 0.000000686. The van der Waals surface area contributed by atoms with Crippen molar-refractivity contribution >= 4 is 0 Å². The van der Waals surface area contributed by atoms with Crippen molar-refractivity contribution in [1.29, 1.82) is 0 Å². The lowest BCUT2D eigenvalue weighted by Crippen LogP contribution is -2.46. The minimum Gasteiger partial charge on any atom is -0.393 e. The van der Waals surface area contributed by atoms with Crippen LogP contribution in [0.2, 0.25) is 0 Å². The van der Waals surface area contributed by atoms with Crippen LogP contribution in [0.15, 0.2) is 0 Å². The molecular weight excluding hydrogens is 212 g/mol. The summed E-state index contributed by atoms with van der Waals surface area (Å²) in [6.45, 7) is 6.21. The Morgan fingerprint density at radius 2 is 1.47 bits per heavy atom. The number of nitrogens with one attached hydrogen (secondary N) is 1. The van der Waals surface area contributed by atoms with Crippen LogP contribution in [0.4, 0.5) is 0 Å². The summed E-state index contributed by atoms with van der Waals surface area (Å²) in [5.41, 5.74) is 0. The zero-order valence-electron chi connectivity index (χ0n) is 11.8. The molecule has 1 heterocycles. The van der Waals surface area contributed by atoms with E-state index in [-0.39, 0.29) is 6.10 Å². The molecule has 1 aliphatic heterocycles. The zero-order chi connectivity index (χ0) is 12.7. The molecule has 1 saturated heterocycles. The lowest BCUT2D eigenvalue weighted by molar-refractivity contribution is 0.0479. The molecule has 2 N–H and O–H groups in total. The average molecular weight is 242 g/mol. The Hall–Kier alpha value is -0.120. The van der Waals surface area contributed by atoms with Crippen molar-refractivity contribution < 1.29 is 5.11 Å². The second-order valence-corrected chi connectivity index (χ2v) is 5.06. The fraction of sp³-hybridized carbons (Fsp3) is 1.00. The van der Waals surface area contributed by atoms with E-state index < -0.39 is 0 Å². The van der Waals surface area contributed by atoms with Crippen LogP contribution in [0.5, 0.6) is 0 Å². The van der Waals surface area contributed by atoms with Crippen LogP contribution in [0.1, 0.15) is 52.4 Å². The molecule has 2 fully saturated rings. The van der Waals surface area contributed by atoms with Crippen molar-refractivity contribution in [3.8, 4) is 0 Å². The van der Waals surface area contributed by atoms with Gasteiger partial charge in [0.2, 0.25) is 0 Å². The van der Waals surface area contributed by atoms with Crippen LogP contribution in [0.3, 0.4) is 0 Å². The molecule has 1 saturated carbocycles. The molecular formula is C14H30N2O. The summed E-state index contributed by atoms with van der Waals surface area (Å²) in [5, 5.41) is 12.8. The number of nitrogens with zero attached hydrogens (tertiary/aromatic N) is 1. The van der Waals surface area contributed by atoms with Crippen LogP contribution in [-0.4, -0.2) is 48.3 Å². The normalized spacial score (nSPS) is 31.8. The first kappa shape index (κ1) is 14.9. The van der Waals surface area contributed by atoms with E-state index >= 15 is 0 Å². The first-order chi connectivity index (χ1) is 8.29. The Labute approximate surface area is 107 Å². The molecule has 2 rings (SSSR count). The van der Waals surface area contributed by atoms with Gasteiger partial charge in [0.15, 0.2) is 0 Å². The van der Waals surface area contributed by atoms with Crippen LogP contribution in [0.25, 0.3) is 0 Å². The first-order valence-corrected chi connectivity index (χ1v) is 7.39. The molecule has 1 aliphatic carbocycles. The number of piperidine rings is 1. The molecule has 3 nitrogen and oxygen atoms in total. The number of hydrogen-bond donors (Lipinski definition) is 2. The second kappa shape index (κ2) is 8.06. The molecule has 0 spiro atoms. The van der Waals surface area contributed by atoms with Crippen molar-refractivity contribution in [2.24, 2.45) is 0 Å². The van der Waals surface area contributed by atoms with Crippen LogP contribution >= 0.6 is 0 Å². The SMILES string of the molecule is CC.CNC1CCC(N2CCC(O)CC2)CC1. The second-order valence-electron chi connectivity index (χ2n) is 5.06. The van der Waals surface area contributed by atoms with Crippen molar-refractivity contribution in [2.45, 2.75) is 70.6 Å². The zero-order valence-corrected chi connectivity index (χ0v) is 11.8. The quantitative estimate of drug-likeness (QED) is 0.777. The summed E-state index contributed by atoms with van der Waals surface area (Å²) < 4.78 is 0. The van der Waals surface area contributed by atoms with Crippen molar-refractivity contribution in [3.63, 3.8) is 0 Å². The van der Waals surface area contributed by atoms with Gasteiger partial charge in [0.1, 0.15) is 0 Å². The number of hydrogen-bond acceptors (Lipinski definition) is 3.